The molecule has 2 rings (SSSR count). The first kappa shape index (κ1) is 15.3. The summed E-state index contributed by atoms with van der Waals surface area (Å²) in [5.74, 6) is -2.02. The zero-order valence-electron chi connectivity index (χ0n) is 11.7. The Bertz CT molecular complexity index is 507. The number of carbonyl (C=O) groups excluding carboxylic acids is 1. The van der Waals surface area contributed by atoms with Crippen LogP contribution in [0, 0.1) is 5.92 Å². The number of sulfone groups is 1. The first-order chi connectivity index (χ1) is 9.28. The first-order valence-corrected chi connectivity index (χ1v) is 8.82. The largest absolute Gasteiger partial charge is 0.479 e. The van der Waals surface area contributed by atoms with Gasteiger partial charge in [0, 0.05) is 7.05 Å². The van der Waals surface area contributed by atoms with Gasteiger partial charge < -0.3 is 10.0 Å². The molecule has 0 radical (unpaired) electrons. The minimum Gasteiger partial charge on any atom is -0.479 e. The highest BCUT2D eigenvalue weighted by atomic mass is 32.2. The monoisotopic (exact) mass is 303 g/mol. The van der Waals surface area contributed by atoms with Crippen LogP contribution in [0.3, 0.4) is 0 Å². The van der Waals surface area contributed by atoms with Gasteiger partial charge in [0.05, 0.1) is 17.4 Å². The van der Waals surface area contributed by atoms with Crippen molar-refractivity contribution in [3.05, 3.63) is 0 Å². The van der Waals surface area contributed by atoms with E-state index in [2.05, 4.69) is 0 Å². The third-order valence-corrected chi connectivity index (χ3v) is 6.40. The van der Waals surface area contributed by atoms with Crippen LogP contribution in [-0.2, 0) is 19.4 Å². The Morgan fingerprint density at radius 2 is 1.80 bits per heavy atom. The summed E-state index contributed by atoms with van der Waals surface area (Å²) >= 11 is 0. The lowest BCUT2D eigenvalue weighted by atomic mass is 9.80. The van der Waals surface area contributed by atoms with Crippen LogP contribution in [0.1, 0.15) is 38.5 Å². The van der Waals surface area contributed by atoms with Gasteiger partial charge in [-0.15, -0.1) is 0 Å². The summed E-state index contributed by atoms with van der Waals surface area (Å²) in [6.07, 6.45) is 3.75. The molecule has 7 heteroatoms. The molecule has 1 heterocycles. The number of carboxylic acids is 1. The molecule has 1 saturated carbocycles. The summed E-state index contributed by atoms with van der Waals surface area (Å²) in [7, 11) is -1.63. The van der Waals surface area contributed by atoms with Gasteiger partial charge in [0.2, 0.25) is 5.91 Å². The van der Waals surface area contributed by atoms with Crippen molar-refractivity contribution in [2.75, 3.05) is 18.6 Å². The molecule has 1 unspecified atom stereocenters. The molecular weight excluding hydrogens is 282 g/mol. The van der Waals surface area contributed by atoms with Crippen LogP contribution in [0.2, 0.25) is 0 Å². The normalized spacial score (nSPS) is 27.9. The molecule has 0 spiro atoms. The summed E-state index contributed by atoms with van der Waals surface area (Å²) in [5.41, 5.74) is -1.15. The molecule has 0 aromatic heterocycles. The molecule has 0 aromatic rings. The minimum absolute atomic E-state index is 0.0251. The molecular formula is C13H21NO5S. The number of nitrogens with zero attached hydrogens (tertiary/aromatic N) is 1. The number of hydrogen-bond donors (Lipinski definition) is 1. The third-order valence-electron chi connectivity index (χ3n) is 4.63. The third kappa shape index (κ3) is 2.68. The fourth-order valence-electron chi connectivity index (χ4n) is 3.30. The zero-order chi connectivity index (χ0) is 15.0. The maximum atomic E-state index is 12.4. The quantitative estimate of drug-likeness (QED) is 0.827. The maximum absolute atomic E-state index is 12.4. The van der Waals surface area contributed by atoms with Crippen LogP contribution in [0.25, 0.3) is 0 Å². The topological polar surface area (TPSA) is 91.8 Å². The fraction of sp³-hybridized carbons (Fsp3) is 0.846. The first-order valence-electron chi connectivity index (χ1n) is 7.00. The number of aliphatic carboxylic acids is 1. The van der Waals surface area contributed by atoms with Crippen LogP contribution in [0.5, 0.6) is 0 Å². The van der Waals surface area contributed by atoms with Crippen molar-refractivity contribution >= 4 is 21.7 Å². The van der Waals surface area contributed by atoms with Crippen molar-refractivity contribution in [3.8, 4) is 0 Å². The van der Waals surface area contributed by atoms with Gasteiger partial charge in [0.25, 0.3) is 0 Å². The summed E-state index contributed by atoms with van der Waals surface area (Å²) < 4.78 is 22.9. The Kier molecular flexibility index (Phi) is 4.09. The predicted molar refractivity (Wildman–Crippen MR) is 73.0 cm³/mol. The van der Waals surface area contributed by atoms with Crippen molar-refractivity contribution < 1.29 is 23.1 Å². The average molecular weight is 303 g/mol. The van der Waals surface area contributed by atoms with Gasteiger partial charge in [-0.1, -0.05) is 19.3 Å². The van der Waals surface area contributed by atoms with Crippen LogP contribution in [0.4, 0.5) is 0 Å². The van der Waals surface area contributed by atoms with E-state index < -0.39 is 27.3 Å². The van der Waals surface area contributed by atoms with Gasteiger partial charge in [0.1, 0.15) is 5.54 Å². The summed E-state index contributed by atoms with van der Waals surface area (Å²) in [6.45, 7) is 0. The van der Waals surface area contributed by atoms with Gasteiger partial charge in [-0.2, -0.15) is 0 Å². The molecule has 2 aliphatic rings. The van der Waals surface area contributed by atoms with E-state index in [1.165, 1.54) is 11.9 Å². The lowest BCUT2D eigenvalue weighted by Gasteiger charge is -2.41. The van der Waals surface area contributed by atoms with Crippen LogP contribution in [0.15, 0.2) is 0 Å². The van der Waals surface area contributed by atoms with Crippen LogP contribution in [-0.4, -0.2) is 54.4 Å². The lowest BCUT2D eigenvalue weighted by Crippen LogP contribution is -2.57. The van der Waals surface area contributed by atoms with Gasteiger partial charge in [-0.3, -0.25) is 4.79 Å². The van der Waals surface area contributed by atoms with Gasteiger partial charge in [-0.25, -0.2) is 13.2 Å². The van der Waals surface area contributed by atoms with Gasteiger partial charge >= 0.3 is 5.97 Å². The van der Waals surface area contributed by atoms with Crippen molar-refractivity contribution in [2.45, 2.75) is 44.1 Å². The molecule has 114 valence electrons. The number of carbonyl (C=O) groups is 2. The second-order valence-electron chi connectivity index (χ2n) is 5.89. The second kappa shape index (κ2) is 5.35. The molecule has 6 nitrogen and oxygen atoms in total. The smallest absolute Gasteiger partial charge is 0.329 e. The standard InChI is InChI=1S/C13H21NO5S/c1-14(11(15)10-5-8-20(18,19)9-10)13(12(16)17)6-3-2-4-7-13/h10H,2-9H2,1H3,(H,16,17). The van der Waals surface area contributed by atoms with E-state index in [-0.39, 0.29) is 17.4 Å². The van der Waals surface area contributed by atoms with E-state index in [1.807, 2.05) is 0 Å². The molecule has 20 heavy (non-hydrogen) atoms. The average Bonchev–Trinajstić information content (AvgIpc) is 2.78. The molecule has 1 aliphatic heterocycles. The van der Waals surface area contributed by atoms with Gasteiger partial charge in [0.15, 0.2) is 9.84 Å². The Morgan fingerprint density at radius 3 is 2.25 bits per heavy atom. The molecule has 1 amide bonds. The molecule has 0 aromatic carbocycles. The SMILES string of the molecule is CN(C(=O)C1CCS(=O)(=O)C1)C1(C(=O)O)CCCCC1. The number of hydrogen-bond acceptors (Lipinski definition) is 4. The van der Waals surface area contributed by atoms with E-state index in [0.717, 1.165) is 19.3 Å². The number of likely N-dealkylation sites (N-methyl/N-ethyl adjacent to an activating group) is 1. The zero-order valence-corrected chi connectivity index (χ0v) is 12.5. The Labute approximate surface area is 119 Å². The Balaban J connectivity index is 2.18. The predicted octanol–water partition coefficient (Wildman–Crippen LogP) is 0.667. The van der Waals surface area contributed by atoms with E-state index >= 15 is 0 Å². The molecule has 0 bridgehead atoms. The highest BCUT2D eigenvalue weighted by Crippen LogP contribution is 2.35. The molecule has 1 aliphatic carbocycles. The van der Waals surface area contributed by atoms with Crippen molar-refractivity contribution in [3.63, 3.8) is 0 Å². The van der Waals surface area contributed by atoms with Crippen LogP contribution < -0.4 is 0 Å². The van der Waals surface area contributed by atoms with E-state index in [4.69, 9.17) is 0 Å². The van der Waals surface area contributed by atoms with E-state index in [9.17, 15) is 23.1 Å². The minimum atomic E-state index is -3.14. The van der Waals surface area contributed by atoms with Crippen LogP contribution >= 0.6 is 0 Å². The van der Waals surface area contributed by atoms with Crippen molar-refractivity contribution in [1.29, 1.82) is 0 Å². The maximum Gasteiger partial charge on any atom is 0.329 e. The number of rotatable bonds is 3. The van der Waals surface area contributed by atoms with E-state index in [0.29, 0.717) is 19.3 Å². The number of carboxylic acid groups (broad SMARTS) is 1. The number of amides is 1. The fourth-order valence-corrected chi connectivity index (χ4v) is 5.04. The molecule has 1 atom stereocenters. The van der Waals surface area contributed by atoms with Crippen molar-refractivity contribution in [2.24, 2.45) is 5.92 Å². The van der Waals surface area contributed by atoms with E-state index in [1.54, 1.807) is 0 Å². The Morgan fingerprint density at radius 1 is 1.20 bits per heavy atom. The van der Waals surface area contributed by atoms with Crippen molar-refractivity contribution in [1.82, 2.24) is 4.90 Å². The van der Waals surface area contributed by atoms with Gasteiger partial charge in [-0.05, 0) is 19.3 Å². The molecule has 1 N–H and O–H groups in total. The summed E-state index contributed by atoms with van der Waals surface area (Å²) in [4.78, 5) is 25.4. The second-order valence-corrected chi connectivity index (χ2v) is 8.12. The highest BCUT2D eigenvalue weighted by molar-refractivity contribution is 7.91. The molecule has 1 saturated heterocycles. The summed E-state index contributed by atoms with van der Waals surface area (Å²) in [5, 5.41) is 9.54. The lowest BCUT2D eigenvalue weighted by molar-refractivity contribution is -0.161. The highest BCUT2D eigenvalue weighted by Gasteiger charge is 2.47. The Hall–Kier alpha value is -1.11. The molecule has 2 fully saturated rings. The summed E-state index contributed by atoms with van der Waals surface area (Å²) in [6, 6.07) is 0.